The molecule has 3 N–H and O–H groups in total. The van der Waals surface area contributed by atoms with E-state index in [1.165, 1.54) is 11.3 Å². The number of nitrogens with two attached hydrogens (primary N) is 1. The summed E-state index contributed by atoms with van der Waals surface area (Å²) in [5.74, 6) is -0.0127. The van der Waals surface area contributed by atoms with E-state index in [2.05, 4.69) is 0 Å². The molecular weight excluding hydrogens is 248 g/mol. The number of benzene rings is 1. The van der Waals surface area contributed by atoms with Crippen LogP contribution < -0.4 is 5.73 Å². The molecule has 3 rings (SSSR count). The minimum Gasteiger partial charge on any atom is -0.399 e. The number of nitrogen functional groups attached to an aromatic ring is 1. The first kappa shape index (κ1) is 11.5. The largest absolute Gasteiger partial charge is 0.399 e. The van der Waals surface area contributed by atoms with Gasteiger partial charge in [0.1, 0.15) is 0 Å². The molecule has 2 aromatic rings. The molecule has 0 bridgehead atoms. The van der Waals surface area contributed by atoms with Gasteiger partial charge in [0.15, 0.2) is 0 Å². The van der Waals surface area contributed by atoms with Crippen LogP contribution in [0.25, 0.3) is 10.1 Å². The summed E-state index contributed by atoms with van der Waals surface area (Å²) in [6.07, 6.45) is 0. The molecule has 1 saturated heterocycles. The lowest BCUT2D eigenvalue weighted by Gasteiger charge is -2.43. The Labute approximate surface area is 109 Å². The highest BCUT2D eigenvalue weighted by Crippen LogP contribution is 2.30. The van der Waals surface area contributed by atoms with Crippen molar-refractivity contribution in [2.75, 3.05) is 18.8 Å². The second-order valence-electron chi connectivity index (χ2n) is 5.07. The molecule has 0 atom stereocenters. The molecule has 1 aliphatic rings. The Balaban J connectivity index is 1.88. The number of β-amino-alcohol motifs (C(OH)–C–C–N with tert-alkyl or cyclic N) is 1. The Morgan fingerprint density at radius 2 is 2.17 bits per heavy atom. The molecule has 1 aliphatic heterocycles. The maximum atomic E-state index is 12.2. The number of hydrogen-bond acceptors (Lipinski definition) is 4. The van der Waals surface area contributed by atoms with Crippen LogP contribution in [0.15, 0.2) is 24.3 Å². The molecule has 2 heterocycles. The molecule has 1 fully saturated rings. The van der Waals surface area contributed by atoms with Crippen molar-refractivity contribution in [1.82, 2.24) is 4.90 Å². The van der Waals surface area contributed by atoms with Crippen molar-refractivity contribution in [3.63, 3.8) is 0 Å². The fourth-order valence-corrected chi connectivity index (χ4v) is 3.25. The van der Waals surface area contributed by atoms with Crippen molar-refractivity contribution >= 4 is 33.0 Å². The van der Waals surface area contributed by atoms with Crippen molar-refractivity contribution in [1.29, 1.82) is 0 Å². The zero-order chi connectivity index (χ0) is 12.9. The standard InChI is InChI=1S/C13H14N2O2S/c1-13(17)6-15(7-13)12(16)11-5-8-4-9(14)2-3-10(8)18-11/h2-5,17H,6-7,14H2,1H3. The molecule has 1 amide bonds. The van der Waals surface area contributed by atoms with Crippen LogP contribution in [0.1, 0.15) is 16.6 Å². The van der Waals surface area contributed by atoms with E-state index in [1.807, 2.05) is 24.3 Å². The molecule has 4 nitrogen and oxygen atoms in total. The van der Waals surface area contributed by atoms with Gasteiger partial charge in [-0.3, -0.25) is 4.79 Å². The summed E-state index contributed by atoms with van der Waals surface area (Å²) in [6.45, 7) is 2.55. The number of thiophene rings is 1. The smallest absolute Gasteiger partial charge is 0.264 e. The summed E-state index contributed by atoms with van der Waals surface area (Å²) in [5, 5.41) is 10.6. The van der Waals surface area contributed by atoms with Crippen LogP contribution in [0.3, 0.4) is 0 Å². The van der Waals surface area contributed by atoms with E-state index in [-0.39, 0.29) is 5.91 Å². The van der Waals surface area contributed by atoms with Gasteiger partial charge >= 0.3 is 0 Å². The summed E-state index contributed by atoms with van der Waals surface area (Å²) in [4.78, 5) is 14.5. The Bertz CT molecular complexity index is 625. The quantitative estimate of drug-likeness (QED) is 0.769. The topological polar surface area (TPSA) is 66.6 Å². The van der Waals surface area contributed by atoms with Gasteiger partial charge in [-0.1, -0.05) is 0 Å². The predicted octanol–water partition coefficient (Wildman–Crippen LogP) is 1.69. The number of likely N-dealkylation sites (tertiary alicyclic amines) is 1. The lowest BCUT2D eigenvalue weighted by atomic mass is 9.97. The number of fused-ring (bicyclic) bond motifs is 1. The Hall–Kier alpha value is -1.59. The zero-order valence-electron chi connectivity index (χ0n) is 10.0. The molecule has 18 heavy (non-hydrogen) atoms. The van der Waals surface area contributed by atoms with Crippen molar-refractivity contribution in [2.45, 2.75) is 12.5 Å². The number of carbonyl (C=O) groups is 1. The highest BCUT2D eigenvalue weighted by atomic mass is 32.1. The molecule has 0 aliphatic carbocycles. The Morgan fingerprint density at radius 1 is 1.44 bits per heavy atom. The first-order chi connectivity index (χ1) is 8.44. The van der Waals surface area contributed by atoms with Gasteiger partial charge in [-0.05, 0) is 36.6 Å². The average Bonchev–Trinajstić information content (AvgIpc) is 2.67. The van der Waals surface area contributed by atoms with Gasteiger partial charge in [0.2, 0.25) is 0 Å². The fourth-order valence-electron chi connectivity index (χ4n) is 2.24. The van der Waals surface area contributed by atoms with Gasteiger partial charge in [-0.15, -0.1) is 11.3 Å². The monoisotopic (exact) mass is 262 g/mol. The van der Waals surface area contributed by atoms with E-state index in [1.54, 1.807) is 11.8 Å². The number of hydrogen-bond donors (Lipinski definition) is 2. The van der Waals surface area contributed by atoms with Gasteiger partial charge in [0.05, 0.1) is 23.6 Å². The maximum Gasteiger partial charge on any atom is 0.264 e. The minimum absolute atomic E-state index is 0.0127. The molecule has 0 unspecified atom stereocenters. The van der Waals surface area contributed by atoms with E-state index >= 15 is 0 Å². The van der Waals surface area contributed by atoms with E-state index in [0.29, 0.717) is 23.7 Å². The maximum absolute atomic E-state index is 12.2. The second-order valence-corrected chi connectivity index (χ2v) is 6.15. The third-order valence-corrected chi connectivity index (χ3v) is 4.21. The number of anilines is 1. The molecule has 1 aromatic carbocycles. The van der Waals surface area contributed by atoms with Crippen LogP contribution in [-0.4, -0.2) is 34.6 Å². The van der Waals surface area contributed by atoms with E-state index in [9.17, 15) is 9.90 Å². The van der Waals surface area contributed by atoms with Crippen LogP contribution in [0.4, 0.5) is 5.69 Å². The molecule has 1 aromatic heterocycles. The Kier molecular flexibility index (Phi) is 2.36. The van der Waals surface area contributed by atoms with Crippen LogP contribution in [0.5, 0.6) is 0 Å². The molecular formula is C13H14N2O2S. The highest BCUT2D eigenvalue weighted by Gasteiger charge is 2.40. The van der Waals surface area contributed by atoms with Gasteiger partial charge in [0.25, 0.3) is 5.91 Å². The van der Waals surface area contributed by atoms with Gasteiger partial charge < -0.3 is 15.7 Å². The van der Waals surface area contributed by atoms with Gasteiger partial charge in [-0.2, -0.15) is 0 Å². The van der Waals surface area contributed by atoms with E-state index in [0.717, 1.165) is 10.1 Å². The average molecular weight is 262 g/mol. The summed E-state index contributed by atoms with van der Waals surface area (Å²) < 4.78 is 1.06. The second kappa shape index (κ2) is 3.70. The first-order valence-corrected chi connectivity index (χ1v) is 6.57. The summed E-state index contributed by atoms with van der Waals surface area (Å²) in [6, 6.07) is 7.50. The van der Waals surface area contributed by atoms with Crippen molar-refractivity contribution in [2.24, 2.45) is 0 Å². The van der Waals surface area contributed by atoms with Gasteiger partial charge in [0, 0.05) is 10.4 Å². The van der Waals surface area contributed by atoms with Crippen molar-refractivity contribution in [3.05, 3.63) is 29.1 Å². The lowest BCUT2D eigenvalue weighted by Crippen LogP contribution is -2.61. The molecule has 0 radical (unpaired) electrons. The van der Waals surface area contributed by atoms with Crippen LogP contribution >= 0.6 is 11.3 Å². The SMILES string of the molecule is CC1(O)CN(C(=O)c2cc3cc(N)ccc3s2)C1. The molecule has 0 spiro atoms. The van der Waals surface area contributed by atoms with Crippen LogP contribution in [0, 0.1) is 0 Å². The number of aliphatic hydroxyl groups is 1. The molecule has 5 heteroatoms. The zero-order valence-corrected chi connectivity index (χ0v) is 10.8. The summed E-state index contributed by atoms with van der Waals surface area (Å²) in [5.41, 5.74) is 5.69. The number of rotatable bonds is 1. The lowest BCUT2D eigenvalue weighted by molar-refractivity contribution is -0.0666. The normalized spacial score (nSPS) is 17.8. The van der Waals surface area contributed by atoms with Crippen LogP contribution in [0.2, 0.25) is 0 Å². The number of carbonyl (C=O) groups excluding carboxylic acids is 1. The third-order valence-electron chi connectivity index (χ3n) is 3.10. The van der Waals surface area contributed by atoms with Crippen LogP contribution in [-0.2, 0) is 0 Å². The summed E-state index contributed by atoms with van der Waals surface area (Å²) >= 11 is 1.46. The Morgan fingerprint density at radius 3 is 2.83 bits per heavy atom. The number of amides is 1. The molecule has 94 valence electrons. The first-order valence-electron chi connectivity index (χ1n) is 5.75. The third kappa shape index (κ3) is 1.85. The fraction of sp³-hybridized carbons (Fsp3) is 0.308. The van der Waals surface area contributed by atoms with Crippen molar-refractivity contribution in [3.8, 4) is 0 Å². The van der Waals surface area contributed by atoms with E-state index < -0.39 is 5.60 Å². The van der Waals surface area contributed by atoms with Crippen molar-refractivity contribution < 1.29 is 9.90 Å². The summed E-state index contributed by atoms with van der Waals surface area (Å²) in [7, 11) is 0. The minimum atomic E-state index is -0.725. The highest BCUT2D eigenvalue weighted by molar-refractivity contribution is 7.20. The predicted molar refractivity (Wildman–Crippen MR) is 72.8 cm³/mol. The number of nitrogens with zero attached hydrogens (tertiary/aromatic N) is 1. The molecule has 0 saturated carbocycles. The van der Waals surface area contributed by atoms with Gasteiger partial charge in [-0.25, -0.2) is 0 Å². The van der Waals surface area contributed by atoms with E-state index in [4.69, 9.17) is 5.73 Å².